The van der Waals surface area contributed by atoms with Gasteiger partial charge in [0.25, 0.3) is 0 Å². The number of carbonyl (C=O) groups is 1. The predicted molar refractivity (Wildman–Crippen MR) is 72.3 cm³/mol. The smallest absolute Gasteiger partial charge is 0.303 e. The molecule has 3 heterocycles. The summed E-state index contributed by atoms with van der Waals surface area (Å²) >= 11 is 0. The summed E-state index contributed by atoms with van der Waals surface area (Å²) in [6.07, 6.45) is -1.25. The van der Waals surface area contributed by atoms with E-state index in [4.69, 9.17) is 15.2 Å². The quantitative estimate of drug-likeness (QED) is 0.582. The number of nitrogens with two attached hydrogens (primary N) is 1. The molecule has 0 aliphatic carbocycles. The third-order valence-electron chi connectivity index (χ3n) is 3.46. The van der Waals surface area contributed by atoms with Gasteiger partial charge < -0.3 is 25.4 Å². The molecular formula is C12H15N5O5. The maximum Gasteiger partial charge on any atom is 0.303 e. The van der Waals surface area contributed by atoms with Crippen molar-refractivity contribution in [1.82, 2.24) is 19.5 Å². The number of hydrogen-bond donors (Lipinski definition) is 3. The Balaban J connectivity index is 2.03. The topological polar surface area (TPSA) is 146 Å². The van der Waals surface area contributed by atoms with E-state index in [2.05, 4.69) is 15.0 Å². The summed E-state index contributed by atoms with van der Waals surface area (Å²) in [5.41, 5.74) is 6.47. The fourth-order valence-electron chi connectivity index (χ4n) is 2.47. The number of esters is 1. The number of fused-ring (bicyclic) bond motifs is 1. The highest BCUT2D eigenvalue weighted by Crippen LogP contribution is 2.33. The van der Waals surface area contributed by atoms with Crippen molar-refractivity contribution in [2.45, 2.75) is 31.5 Å². The van der Waals surface area contributed by atoms with E-state index >= 15 is 0 Å². The lowest BCUT2D eigenvalue weighted by atomic mass is 10.1. The molecule has 118 valence electrons. The Morgan fingerprint density at radius 1 is 1.50 bits per heavy atom. The summed E-state index contributed by atoms with van der Waals surface area (Å²) in [4.78, 5) is 23.3. The molecule has 22 heavy (non-hydrogen) atoms. The first-order valence-electron chi connectivity index (χ1n) is 6.57. The molecule has 0 amide bonds. The number of aliphatic hydroxyl groups excluding tert-OH is 2. The fraction of sp³-hybridized carbons (Fsp3) is 0.500. The molecule has 2 aromatic rings. The van der Waals surface area contributed by atoms with Crippen LogP contribution >= 0.6 is 0 Å². The Hall–Kier alpha value is -2.30. The molecule has 1 saturated heterocycles. The predicted octanol–water partition coefficient (Wildman–Crippen LogP) is -1.41. The van der Waals surface area contributed by atoms with Crippen LogP contribution in [0.15, 0.2) is 12.7 Å². The average Bonchev–Trinajstić information content (AvgIpc) is 3.02. The van der Waals surface area contributed by atoms with Crippen LogP contribution in [0.3, 0.4) is 0 Å². The van der Waals surface area contributed by atoms with Crippen LogP contribution in [0.2, 0.25) is 0 Å². The number of ether oxygens (including phenoxy) is 2. The summed E-state index contributed by atoms with van der Waals surface area (Å²) < 4.78 is 12.2. The minimum absolute atomic E-state index is 0.199. The van der Waals surface area contributed by atoms with Gasteiger partial charge in [-0.05, 0) is 0 Å². The first-order valence-corrected chi connectivity index (χ1v) is 6.57. The molecule has 10 heteroatoms. The second kappa shape index (κ2) is 5.48. The molecule has 0 radical (unpaired) electrons. The second-order valence-corrected chi connectivity index (χ2v) is 4.90. The van der Waals surface area contributed by atoms with Gasteiger partial charge >= 0.3 is 5.97 Å². The van der Waals surface area contributed by atoms with Crippen LogP contribution in [0, 0.1) is 0 Å². The highest BCUT2D eigenvalue weighted by Gasteiger charge is 2.47. The van der Waals surface area contributed by atoms with Crippen molar-refractivity contribution in [3.63, 3.8) is 0 Å². The summed E-state index contributed by atoms with van der Waals surface area (Å²) in [7, 11) is 0. The number of aliphatic hydroxyl groups is 2. The number of nitrogen functional groups attached to an aromatic ring is 1. The Labute approximate surface area is 124 Å². The van der Waals surface area contributed by atoms with Gasteiger partial charge in [0.2, 0.25) is 0 Å². The van der Waals surface area contributed by atoms with E-state index in [-0.39, 0.29) is 5.82 Å². The monoisotopic (exact) mass is 309 g/mol. The highest BCUT2D eigenvalue weighted by molar-refractivity contribution is 5.81. The maximum absolute atomic E-state index is 11.3. The van der Waals surface area contributed by atoms with Gasteiger partial charge in [0.05, 0.1) is 12.9 Å². The molecule has 3 unspecified atom stereocenters. The third-order valence-corrected chi connectivity index (χ3v) is 3.46. The molecule has 4 atom stereocenters. The lowest BCUT2D eigenvalue weighted by Crippen LogP contribution is -2.36. The van der Waals surface area contributed by atoms with Gasteiger partial charge in [-0.25, -0.2) is 15.0 Å². The number of rotatable bonds is 3. The molecule has 10 nitrogen and oxygen atoms in total. The molecule has 0 spiro atoms. The van der Waals surface area contributed by atoms with Gasteiger partial charge in [0, 0.05) is 6.92 Å². The summed E-state index contributed by atoms with van der Waals surface area (Å²) in [6, 6.07) is 0. The van der Waals surface area contributed by atoms with Crippen LogP contribution < -0.4 is 5.73 Å². The van der Waals surface area contributed by atoms with E-state index in [1.807, 2.05) is 0 Å². The highest BCUT2D eigenvalue weighted by atomic mass is 16.6. The SMILES string of the molecule is CC(=O)OC1C(O)C(CO)O[C@H]1n1cnc2c(N)ncnc21. The average molecular weight is 309 g/mol. The molecule has 1 aliphatic heterocycles. The molecule has 0 saturated carbocycles. The zero-order chi connectivity index (χ0) is 15.9. The van der Waals surface area contributed by atoms with Gasteiger partial charge in [-0.3, -0.25) is 9.36 Å². The van der Waals surface area contributed by atoms with E-state index in [9.17, 15) is 15.0 Å². The molecule has 0 bridgehead atoms. The van der Waals surface area contributed by atoms with Crippen LogP contribution in [-0.2, 0) is 14.3 Å². The van der Waals surface area contributed by atoms with Crippen LogP contribution in [0.5, 0.6) is 0 Å². The van der Waals surface area contributed by atoms with Gasteiger partial charge in [-0.1, -0.05) is 0 Å². The van der Waals surface area contributed by atoms with Crippen molar-refractivity contribution in [2.24, 2.45) is 0 Å². The molecule has 1 aliphatic rings. The van der Waals surface area contributed by atoms with E-state index in [0.717, 1.165) is 0 Å². The minimum Gasteiger partial charge on any atom is -0.455 e. The van der Waals surface area contributed by atoms with Crippen LogP contribution in [0.1, 0.15) is 13.2 Å². The van der Waals surface area contributed by atoms with E-state index in [0.29, 0.717) is 11.2 Å². The molecule has 3 rings (SSSR count). The molecule has 4 N–H and O–H groups in total. The van der Waals surface area contributed by atoms with Crippen molar-refractivity contribution >= 4 is 23.0 Å². The molecule has 2 aromatic heterocycles. The van der Waals surface area contributed by atoms with Gasteiger partial charge in [0.15, 0.2) is 23.8 Å². The third kappa shape index (κ3) is 2.26. The number of hydrogen-bond acceptors (Lipinski definition) is 9. The minimum atomic E-state index is -1.17. The Bertz CT molecular complexity index is 704. The first-order chi connectivity index (χ1) is 10.5. The molecule has 0 aromatic carbocycles. The Morgan fingerprint density at radius 3 is 2.95 bits per heavy atom. The number of anilines is 1. The van der Waals surface area contributed by atoms with Gasteiger partial charge in [0.1, 0.15) is 24.1 Å². The lowest BCUT2D eigenvalue weighted by molar-refractivity contribution is -0.155. The zero-order valence-corrected chi connectivity index (χ0v) is 11.7. The van der Waals surface area contributed by atoms with Crippen molar-refractivity contribution in [2.75, 3.05) is 12.3 Å². The number of aromatic nitrogens is 4. The second-order valence-electron chi connectivity index (χ2n) is 4.90. The van der Waals surface area contributed by atoms with Gasteiger partial charge in [-0.15, -0.1) is 0 Å². The first kappa shape index (κ1) is 14.6. The summed E-state index contributed by atoms with van der Waals surface area (Å²) in [6.45, 7) is 0.807. The Morgan fingerprint density at radius 2 is 2.27 bits per heavy atom. The van der Waals surface area contributed by atoms with Crippen molar-refractivity contribution in [3.8, 4) is 0 Å². The van der Waals surface area contributed by atoms with Gasteiger partial charge in [-0.2, -0.15) is 0 Å². The standard InChI is InChI=1S/C12H15N5O5/c1-5(19)21-9-8(20)6(2-18)22-12(9)17-4-16-7-10(13)14-3-15-11(7)17/h3-4,6,8-9,12,18,20H,2H2,1H3,(H2,13,14,15)/t6?,8?,9?,12-/m1/s1. The Kier molecular flexibility index (Phi) is 3.64. The molecule has 1 fully saturated rings. The van der Waals surface area contributed by atoms with E-state index in [1.54, 1.807) is 0 Å². The largest absolute Gasteiger partial charge is 0.455 e. The number of imidazole rings is 1. The van der Waals surface area contributed by atoms with E-state index < -0.39 is 37.1 Å². The van der Waals surface area contributed by atoms with Crippen molar-refractivity contribution in [1.29, 1.82) is 0 Å². The van der Waals surface area contributed by atoms with Crippen molar-refractivity contribution < 1.29 is 24.5 Å². The summed E-state index contributed by atoms with van der Waals surface area (Å²) in [5, 5.41) is 19.4. The van der Waals surface area contributed by atoms with Crippen molar-refractivity contribution in [3.05, 3.63) is 12.7 Å². The molecular weight excluding hydrogens is 294 g/mol. The normalized spacial score (nSPS) is 28.1. The zero-order valence-electron chi connectivity index (χ0n) is 11.7. The van der Waals surface area contributed by atoms with Crippen LogP contribution in [-0.4, -0.2) is 60.6 Å². The van der Waals surface area contributed by atoms with Crippen LogP contribution in [0.4, 0.5) is 5.82 Å². The lowest BCUT2D eigenvalue weighted by Gasteiger charge is -2.21. The van der Waals surface area contributed by atoms with Crippen LogP contribution in [0.25, 0.3) is 11.2 Å². The summed E-state index contributed by atoms with van der Waals surface area (Å²) in [5.74, 6) is -0.375. The van der Waals surface area contributed by atoms with E-state index in [1.165, 1.54) is 24.1 Å². The number of nitrogens with zero attached hydrogens (tertiary/aromatic N) is 4. The number of carbonyl (C=O) groups excluding carboxylic acids is 1. The maximum atomic E-state index is 11.3. The fourth-order valence-corrected chi connectivity index (χ4v) is 2.47.